The largest absolute Gasteiger partial charge is 0.497 e. The van der Waals surface area contributed by atoms with Gasteiger partial charge in [-0.2, -0.15) is 0 Å². The summed E-state index contributed by atoms with van der Waals surface area (Å²) in [4.78, 5) is 13.5. The van der Waals surface area contributed by atoms with Gasteiger partial charge < -0.3 is 19.3 Å². The van der Waals surface area contributed by atoms with Gasteiger partial charge in [0.05, 0.1) is 25.9 Å². The predicted octanol–water partition coefficient (Wildman–Crippen LogP) is 5.81. The Morgan fingerprint density at radius 2 is 1.89 bits per heavy atom. The molecule has 1 aliphatic heterocycles. The zero-order valence-corrected chi connectivity index (χ0v) is 23.1. The van der Waals surface area contributed by atoms with Crippen LogP contribution in [0.25, 0.3) is 0 Å². The van der Waals surface area contributed by atoms with Gasteiger partial charge in [0, 0.05) is 35.5 Å². The quantitative estimate of drug-likeness (QED) is 0.546. The van der Waals surface area contributed by atoms with Crippen molar-refractivity contribution in [2.75, 3.05) is 20.3 Å². The summed E-state index contributed by atoms with van der Waals surface area (Å²) < 4.78 is 18.6. The number of hydrogen-bond donors (Lipinski definition) is 1. The highest BCUT2D eigenvalue weighted by Crippen LogP contribution is 2.74. The predicted molar refractivity (Wildman–Crippen MR) is 140 cm³/mol. The topological polar surface area (TPSA) is 65.0 Å². The maximum Gasteiger partial charge on any atom is 0.171 e. The van der Waals surface area contributed by atoms with E-state index in [4.69, 9.17) is 14.2 Å². The zero-order valence-electron chi connectivity index (χ0n) is 23.1. The van der Waals surface area contributed by atoms with Gasteiger partial charge in [0.25, 0.3) is 0 Å². The van der Waals surface area contributed by atoms with E-state index in [-0.39, 0.29) is 16.2 Å². The number of rotatable bonds is 2. The molecule has 0 radical (unpaired) electrons. The van der Waals surface area contributed by atoms with Crippen molar-refractivity contribution in [3.63, 3.8) is 0 Å². The van der Waals surface area contributed by atoms with Crippen LogP contribution in [0.15, 0.2) is 18.2 Å². The van der Waals surface area contributed by atoms with Crippen molar-refractivity contribution in [1.29, 1.82) is 0 Å². The van der Waals surface area contributed by atoms with E-state index in [1.807, 2.05) is 0 Å². The third-order valence-corrected chi connectivity index (χ3v) is 12.3. The van der Waals surface area contributed by atoms with Gasteiger partial charge >= 0.3 is 0 Å². The number of carbonyl (C=O) groups excluding carboxylic acids is 1. The van der Waals surface area contributed by atoms with Crippen molar-refractivity contribution < 1.29 is 24.1 Å². The molecule has 6 aliphatic rings. The second kappa shape index (κ2) is 7.82. The number of carbonyl (C=O) groups is 1. The third-order valence-electron chi connectivity index (χ3n) is 12.3. The van der Waals surface area contributed by atoms with Crippen LogP contribution in [0.4, 0.5) is 0 Å². The number of hydrogen-bond acceptors (Lipinski definition) is 5. The van der Waals surface area contributed by atoms with E-state index in [1.54, 1.807) is 7.11 Å². The summed E-state index contributed by atoms with van der Waals surface area (Å²) >= 11 is 0. The number of benzene rings is 1. The molecule has 1 saturated heterocycles. The molecule has 202 valence electrons. The first-order valence-electron chi connectivity index (χ1n) is 14.8. The minimum atomic E-state index is -0.832. The lowest BCUT2D eigenvalue weighted by Crippen LogP contribution is -2.70. The molecule has 7 atom stereocenters. The van der Waals surface area contributed by atoms with Crippen LogP contribution in [0.1, 0.15) is 95.6 Å². The number of aliphatic hydroxyl groups is 1. The fourth-order valence-corrected chi connectivity index (χ4v) is 10.6. The molecule has 1 N–H and O–H groups in total. The second-order valence-electron chi connectivity index (χ2n) is 14.4. The van der Waals surface area contributed by atoms with E-state index in [9.17, 15) is 9.90 Å². The highest BCUT2D eigenvalue weighted by molar-refractivity contribution is 5.87. The minimum absolute atomic E-state index is 0.00789. The van der Waals surface area contributed by atoms with Crippen molar-refractivity contribution in [3.05, 3.63) is 29.3 Å². The zero-order chi connectivity index (χ0) is 25.8. The molecule has 1 aromatic carbocycles. The minimum Gasteiger partial charge on any atom is -0.497 e. The van der Waals surface area contributed by atoms with E-state index < -0.39 is 11.4 Å². The summed E-state index contributed by atoms with van der Waals surface area (Å²) in [5.41, 5.74) is 1.50. The molecule has 5 nitrogen and oxygen atoms in total. The van der Waals surface area contributed by atoms with Gasteiger partial charge in [-0.3, -0.25) is 4.79 Å². The molecule has 7 rings (SSSR count). The molecule has 0 aromatic heterocycles. The Balaban J connectivity index is 1.35. The molecule has 2 unspecified atom stereocenters. The van der Waals surface area contributed by atoms with Gasteiger partial charge in [0.2, 0.25) is 0 Å². The standard InChI is InChI=1S/C32H44O5/c1-5-29-16-24-22-7-6-21(35-4)14-20(22)15-30-12-13-32(36-18-28(2,3)19-37-32)17-31(30,34)11-10-23(27(24)30)25(29)8-9-26(29)33/h6-7,14,23-25,27,34H,5,8-13,15-19H2,1-4H3/t23-,24?,25-,27?,29-,30-,31+/m0/s1. The van der Waals surface area contributed by atoms with Gasteiger partial charge in [0.1, 0.15) is 11.5 Å². The van der Waals surface area contributed by atoms with Crippen molar-refractivity contribution in [2.24, 2.45) is 34.0 Å². The second-order valence-corrected chi connectivity index (χ2v) is 14.4. The van der Waals surface area contributed by atoms with Crippen LogP contribution in [0.2, 0.25) is 0 Å². The third kappa shape index (κ3) is 3.17. The lowest BCUT2D eigenvalue weighted by molar-refractivity contribution is -0.357. The van der Waals surface area contributed by atoms with Gasteiger partial charge in [-0.25, -0.2) is 0 Å². The molecule has 1 heterocycles. The smallest absolute Gasteiger partial charge is 0.171 e. The Morgan fingerprint density at radius 3 is 2.62 bits per heavy atom. The van der Waals surface area contributed by atoms with Crippen LogP contribution >= 0.6 is 0 Å². The summed E-state index contributed by atoms with van der Waals surface area (Å²) in [5.74, 6) is 2.40. The number of fused-ring (bicyclic) bond motifs is 4. The van der Waals surface area contributed by atoms with Gasteiger partial charge in [-0.15, -0.1) is 0 Å². The molecule has 5 heteroatoms. The van der Waals surface area contributed by atoms with Gasteiger partial charge in [0.15, 0.2) is 5.79 Å². The highest BCUT2D eigenvalue weighted by atomic mass is 16.7. The maximum atomic E-state index is 13.5. The molecular formula is C32H44O5. The Bertz CT molecular complexity index is 1120. The molecule has 0 bridgehead atoms. The summed E-state index contributed by atoms with van der Waals surface area (Å²) in [5, 5.41) is 12.8. The fraction of sp³-hybridized carbons (Fsp3) is 0.781. The Kier molecular flexibility index (Phi) is 5.20. The first kappa shape index (κ1) is 24.6. The summed E-state index contributed by atoms with van der Waals surface area (Å²) in [6, 6.07) is 6.59. The molecule has 2 spiro atoms. The van der Waals surface area contributed by atoms with Crippen LogP contribution in [0.5, 0.6) is 5.75 Å². The molecule has 0 amide bonds. The normalized spacial score (nSPS) is 44.9. The van der Waals surface area contributed by atoms with Crippen molar-refractivity contribution >= 4 is 5.78 Å². The average Bonchev–Trinajstić information content (AvgIpc) is 3.22. The molecule has 4 saturated carbocycles. The first-order valence-corrected chi connectivity index (χ1v) is 14.8. The van der Waals surface area contributed by atoms with E-state index in [1.165, 1.54) is 11.1 Å². The van der Waals surface area contributed by atoms with Crippen LogP contribution in [-0.4, -0.2) is 42.6 Å². The Morgan fingerprint density at radius 1 is 1.11 bits per heavy atom. The first-order chi connectivity index (χ1) is 17.6. The van der Waals surface area contributed by atoms with Crippen LogP contribution in [0.3, 0.4) is 0 Å². The van der Waals surface area contributed by atoms with E-state index in [0.717, 1.165) is 63.5 Å². The number of ether oxygens (including phenoxy) is 3. The van der Waals surface area contributed by atoms with Crippen LogP contribution < -0.4 is 4.74 Å². The molecule has 5 aliphatic carbocycles. The van der Waals surface area contributed by atoms with Crippen molar-refractivity contribution in [3.8, 4) is 5.75 Å². The highest BCUT2D eigenvalue weighted by Gasteiger charge is 2.72. The molecule has 1 aromatic rings. The van der Waals surface area contributed by atoms with Crippen molar-refractivity contribution in [2.45, 2.75) is 102 Å². The maximum absolute atomic E-state index is 13.5. The Hall–Kier alpha value is -1.43. The van der Waals surface area contributed by atoms with E-state index in [0.29, 0.717) is 49.1 Å². The van der Waals surface area contributed by atoms with Gasteiger partial charge in [-0.05, 0) is 91.9 Å². The van der Waals surface area contributed by atoms with Crippen molar-refractivity contribution in [1.82, 2.24) is 0 Å². The monoisotopic (exact) mass is 508 g/mol. The molecule has 5 fully saturated rings. The lowest BCUT2D eigenvalue weighted by Gasteiger charge is -2.70. The van der Waals surface area contributed by atoms with Gasteiger partial charge in [-0.1, -0.05) is 26.8 Å². The Labute approximate surface area is 221 Å². The number of Topliss-reactive ketones (excluding diaryl/α,β-unsaturated/α-hetero) is 1. The number of methoxy groups -OCH3 is 1. The number of ketones is 1. The average molecular weight is 509 g/mol. The SMILES string of the molecule is CC[C@]12CC3c4ccc(OC)cc4C[C@]45CCC6(C[C@]4(O)CC[C@H](C35)[C@@H]1CCC2=O)OCC(C)(C)CO6. The van der Waals surface area contributed by atoms with E-state index in [2.05, 4.69) is 39.0 Å². The summed E-state index contributed by atoms with van der Waals surface area (Å²) in [6.07, 6.45) is 8.65. The van der Waals surface area contributed by atoms with E-state index >= 15 is 0 Å². The summed E-state index contributed by atoms with van der Waals surface area (Å²) in [6.45, 7) is 7.96. The van der Waals surface area contributed by atoms with Crippen LogP contribution in [-0.2, 0) is 20.7 Å². The molecular weight excluding hydrogens is 464 g/mol. The lowest BCUT2D eigenvalue weighted by atomic mass is 9.37. The van der Waals surface area contributed by atoms with Crippen LogP contribution in [0, 0.1) is 34.0 Å². The summed E-state index contributed by atoms with van der Waals surface area (Å²) in [7, 11) is 1.73. The fourth-order valence-electron chi connectivity index (χ4n) is 10.6. The molecule has 37 heavy (non-hydrogen) atoms.